The molecule has 0 fully saturated rings. The van der Waals surface area contributed by atoms with Crippen molar-refractivity contribution in [1.82, 2.24) is 15.0 Å². The molecule has 5 heteroatoms. The van der Waals surface area contributed by atoms with E-state index in [1.54, 1.807) is 23.7 Å². The van der Waals surface area contributed by atoms with E-state index in [0.717, 1.165) is 11.3 Å². The van der Waals surface area contributed by atoms with Gasteiger partial charge in [0.2, 0.25) is 0 Å². The third-order valence-corrected chi connectivity index (χ3v) is 2.84. The molecule has 0 saturated heterocycles. The zero-order chi connectivity index (χ0) is 14.3. The molecule has 0 saturated carbocycles. The number of aromatic nitrogens is 3. The zero-order valence-corrected chi connectivity index (χ0v) is 11.3. The Morgan fingerprint density at radius 1 is 0.905 bits per heavy atom. The highest BCUT2D eigenvalue weighted by atomic mass is 16.7. The highest BCUT2D eigenvalue weighted by molar-refractivity contribution is 5.54. The van der Waals surface area contributed by atoms with Gasteiger partial charge >= 0.3 is 0 Å². The number of benzene rings is 1. The van der Waals surface area contributed by atoms with E-state index in [1.807, 2.05) is 48.5 Å². The summed E-state index contributed by atoms with van der Waals surface area (Å²) in [6.07, 6.45) is 6.58. The molecule has 0 aliphatic carbocycles. The van der Waals surface area contributed by atoms with Crippen molar-refractivity contribution >= 4 is 11.5 Å². The largest absolute Gasteiger partial charge is 0.262 e. The van der Waals surface area contributed by atoms with Crippen molar-refractivity contribution < 1.29 is 4.84 Å². The molecule has 3 aromatic rings. The Hall–Kier alpha value is -2.79. The molecule has 3 rings (SSSR count). The van der Waals surface area contributed by atoms with Crippen LogP contribution in [0.1, 0.15) is 5.56 Å². The summed E-state index contributed by atoms with van der Waals surface area (Å²) in [7, 11) is 0. The van der Waals surface area contributed by atoms with Gasteiger partial charge in [0.15, 0.2) is 5.82 Å². The van der Waals surface area contributed by atoms with E-state index in [0.29, 0.717) is 12.4 Å². The number of hydrogen-bond acceptors (Lipinski definition) is 5. The average Bonchev–Trinajstić information content (AvgIpc) is 2.58. The molecule has 0 spiro atoms. The quantitative estimate of drug-likeness (QED) is 0.671. The summed E-state index contributed by atoms with van der Waals surface area (Å²) in [6.45, 7) is 0.437. The summed E-state index contributed by atoms with van der Waals surface area (Å²) in [5.74, 6) is 0.684. The van der Waals surface area contributed by atoms with Crippen LogP contribution in [0.5, 0.6) is 0 Å². The minimum Gasteiger partial charge on any atom is -0.262 e. The van der Waals surface area contributed by atoms with Crippen molar-refractivity contribution in [3.05, 3.63) is 79.0 Å². The van der Waals surface area contributed by atoms with Crippen LogP contribution < -0.4 is 5.06 Å². The highest BCUT2D eigenvalue weighted by Crippen LogP contribution is 2.22. The normalized spacial score (nSPS) is 10.3. The first kappa shape index (κ1) is 13.2. The highest BCUT2D eigenvalue weighted by Gasteiger charge is 2.12. The van der Waals surface area contributed by atoms with Crippen LogP contribution in [0, 0.1) is 0 Å². The lowest BCUT2D eigenvalue weighted by Crippen LogP contribution is -2.19. The molecule has 0 bridgehead atoms. The number of pyridine rings is 1. The number of anilines is 2. The Bertz CT molecular complexity index is 622. The third-order valence-electron chi connectivity index (χ3n) is 2.84. The third kappa shape index (κ3) is 3.40. The smallest absolute Gasteiger partial charge is 0.158 e. The molecule has 0 atom stereocenters. The molecule has 0 N–H and O–H groups in total. The van der Waals surface area contributed by atoms with Crippen LogP contribution in [-0.4, -0.2) is 15.0 Å². The van der Waals surface area contributed by atoms with Crippen LogP contribution >= 0.6 is 0 Å². The van der Waals surface area contributed by atoms with Gasteiger partial charge in [-0.3, -0.25) is 4.84 Å². The van der Waals surface area contributed by atoms with Crippen LogP contribution in [0.25, 0.3) is 0 Å². The molecule has 0 radical (unpaired) electrons. The van der Waals surface area contributed by atoms with Crippen LogP contribution in [0.2, 0.25) is 0 Å². The van der Waals surface area contributed by atoms with Crippen molar-refractivity contribution in [2.24, 2.45) is 0 Å². The summed E-state index contributed by atoms with van der Waals surface area (Å²) in [4.78, 5) is 18.3. The SMILES string of the molecule is c1ccc(CON(c2cncnc2)c2ccccn2)cc1. The Labute approximate surface area is 122 Å². The van der Waals surface area contributed by atoms with Crippen LogP contribution in [0.4, 0.5) is 11.5 Å². The minimum atomic E-state index is 0.437. The van der Waals surface area contributed by atoms with E-state index in [2.05, 4.69) is 15.0 Å². The molecule has 2 aromatic heterocycles. The monoisotopic (exact) mass is 278 g/mol. The minimum absolute atomic E-state index is 0.437. The first-order valence-corrected chi connectivity index (χ1v) is 6.56. The van der Waals surface area contributed by atoms with Crippen LogP contribution in [0.15, 0.2) is 73.4 Å². The van der Waals surface area contributed by atoms with Crippen molar-refractivity contribution in [2.75, 3.05) is 5.06 Å². The van der Waals surface area contributed by atoms with Gasteiger partial charge in [-0.1, -0.05) is 36.4 Å². The molecular weight excluding hydrogens is 264 g/mol. The van der Waals surface area contributed by atoms with E-state index in [1.165, 1.54) is 6.33 Å². The van der Waals surface area contributed by atoms with Gasteiger partial charge in [-0.15, -0.1) is 0 Å². The maximum absolute atomic E-state index is 5.89. The van der Waals surface area contributed by atoms with Gasteiger partial charge in [0.1, 0.15) is 18.6 Å². The van der Waals surface area contributed by atoms with E-state index in [-0.39, 0.29) is 0 Å². The van der Waals surface area contributed by atoms with Gasteiger partial charge in [0.25, 0.3) is 0 Å². The molecule has 2 heterocycles. The standard InChI is InChI=1S/C16H14N4O/c1-2-6-14(7-3-1)12-21-20(15-10-17-13-18-11-15)16-8-4-5-9-19-16/h1-11,13H,12H2. The van der Waals surface area contributed by atoms with E-state index < -0.39 is 0 Å². The second-order valence-electron chi connectivity index (χ2n) is 4.34. The van der Waals surface area contributed by atoms with Crippen molar-refractivity contribution in [1.29, 1.82) is 0 Å². The van der Waals surface area contributed by atoms with E-state index in [9.17, 15) is 0 Å². The molecule has 0 aliphatic rings. The Balaban J connectivity index is 1.83. The molecule has 0 aliphatic heterocycles. The summed E-state index contributed by atoms with van der Waals surface area (Å²) in [5, 5.41) is 1.63. The molecule has 104 valence electrons. The van der Waals surface area contributed by atoms with Gasteiger partial charge in [-0.2, -0.15) is 0 Å². The average molecular weight is 278 g/mol. The van der Waals surface area contributed by atoms with E-state index >= 15 is 0 Å². The number of rotatable bonds is 5. The lowest BCUT2D eigenvalue weighted by Gasteiger charge is -2.22. The predicted octanol–water partition coefficient (Wildman–Crippen LogP) is 3.14. The zero-order valence-electron chi connectivity index (χ0n) is 11.3. The predicted molar refractivity (Wildman–Crippen MR) is 79.6 cm³/mol. The molecule has 5 nitrogen and oxygen atoms in total. The lowest BCUT2D eigenvalue weighted by atomic mass is 10.2. The summed E-state index contributed by atoms with van der Waals surface area (Å²) >= 11 is 0. The van der Waals surface area contributed by atoms with Crippen molar-refractivity contribution in [2.45, 2.75) is 6.61 Å². The number of nitrogens with zero attached hydrogens (tertiary/aromatic N) is 4. The Morgan fingerprint density at radius 2 is 1.67 bits per heavy atom. The molecule has 0 amide bonds. The number of hydrogen-bond donors (Lipinski definition) is 0. The molecule has 1 aromatic carbocycles. The van der Waals surface area contributed by atoms with Gasteiger partial charge in [0, 0.05) is 6.20 Å². The molecule has 21 heavy (non-hydrogen) atoms. The maximum Gasteiger partial charge on any atom is 0.158 e. The van der Waals surface area contributed by atoms with Crippen molar-refractivity contribution in [3.63, 3.8) is 0 Å². The maximum atomic E-state index is 5.89. The van der Waals surface area contributed by atoms with E-state index in [4.69, 9.17) is 4.84 Å². The second kappa shape index (κ2) is 6.58. The van der Waals surface area contributed by atoms with Crippen LogP contribution in [0.3, 0.4) is 0 Å². The topological polar surface area (TPSA) is 51.1 Å². The van der Waals surface area contributed by atoms with Gasteiger partial charge in [0.05, 0.1) is 12.4 Å². The Morgan fingerprint density at radius 3 is 2.38 bits per heavy atom. The fraction of sp³-hybridized carbons (Fsp3) is 0.0625. The van der Waals surface area contributed by atoms with Gasteiger partial charge in [-0.05, 0) is 17.7 Å². The van der Waals surface area contributed by atoms with Crippen LogP contribution in [-0.2, 0) is 11.4 Å². The van der Waals surface area contributed by atoms with Gasteiger partial charge < -0.3 is 0 Å². The fourth-order valence-electron chi connectivity index (χ4n) is 1.86. The van der Waals surface area contributed by atoms with Crippen molar-refractivity contribution in [3.8, 4) is 0 Å². The first-order valence-electron chi connectivity index (χ1n) is 6.56. The second-order valence-corrected chi connectivity index (χ2v) is 4.34. The molecular formula is C16H14N4O. The Kier molecular flexibility index (Phi) is 4.14. The summed E-state index contributed by atoms with van der Waals surface area (Å²) < 4.78 is 0. The summed E-state index contributed by atoms with van der Waals surface area (Å²) in [5.41, 5.74) is 1.81. The molecule has 0 unspecified atom stereocenters. The first-order chi connectivity index (χ1) is 10.4. The van der Waals surface area contributed by atoms with Gasteiger partial charge in [-0.25, -0.2) is 20.0 Å². The fourth-order valence-corrected chi connectivity index (χ4v) is 1.86. The summed E-state index contributed by atoms with van der Waals surface area (Å²) in [6, 6.07) is 15.6. The lowest BCUT2D eigenvalue weighted by molar-refractivity contribution is 0.120.